The Bertz CT molecular complexity index is 70.1. The van der Waals surface area contributed by atoms with Crippen molar-refractivity contribution in [3.05, 3.63) is 0 Å². The highest BCUT2D eigenvalue weighted by Gasteiger charge is 1.93. The first kappa shape index (κ1) is 7.43. The first-order valence-corrected chi connectivity index (χ1v) is 2.64. The van der Waals surface area contributed by atoms with Crippen molar-refractivity contribution >= 4 is 5.97 Å². The van der Waals surface area contributed by atoms with Crippen LogP contribution in [0.1, 0.15) is 26.2 Å². The largest absolute Gasteiger partial charge is 0.662 e. The maximum absolute atomic E-state index is 10.0. The molecule has 0 unspecified atom stereocenters. The Morgan fingerprint density at radius 1 is 1.75 bits per heavy atom. The zero-order chi connectivity index (χ0) is 6.41. The van der Waals surface area contributed by atoms with Crippen LogP contribution in [0, 0.1) is 0 Å². The molecule has 0 aromatic rings. The molecule has 3 heteroatoms. The molecule has 0 bridgehead atoms. The molecule has 0 saturated heterocycles. The van der Waals surface area contributed by atoms with Crippen molar-refractivity contribution in [2.75, 3.05) is 0 Å². The number of unbranched alkanes of at least 4 members (excludes halogenated alkanes) is 1. The van der Waals surface area contributed by atoms with Crippen molar-refractivity contribution in [1.82, 2.24) is 0 Å². The second-order valence-electron chi connectivity index (χ2n) is 1.56. The van der Waals surface area contributed by atoms with E-state index in [9.17, 15) is 10.1 Å². The highest BCUT2D eigenvalue weighted by molar-refractivity contribution is 5.68. The second-order valence-corrected chi connectivity index (χ2v) is 1.56. The fourth-order valence-electron chi connectivity index (χ4n) is 0.363. The van der Waals surface area contributed by atoms with Crippen LogP contribution >= 0.6 is 0 Å². The first-order valence-electron chi connectivity index (χ1n) is 2.64. The lowest BCUT2D eigenvalue weighted by Crippen LogP contribution is -2.13. The molecule has 0 N–H and O–H groups in total. The molecule has 0 aliphatic rings. The Kier molecular flexibility index (Phi) is 4.26. The Morgan fingerprint density at radius 2 is 2.38 bits per heavy atom. The number of hydrogen-bond donors (Lipinski definition) is 0. The van der Waals surface area contributed by atoms with Gasteiger partial charge in [0.25, 0.3) is 5.97 Å². The van der Waals surface area contributed by atoms with E-state index in [0.717, 1.165) is 12.8 Å². The van der Waals surface area contributed by atoms with Crippen LogP contribution in [0.4, 0.5) is 0 Å². The molecular formula is C5H9O3-. The summed E-state index contributed by atoms with van der Waals surface area (Å²) >= 11 is 0. The molecule has 0 saturated carbocycles. The lowest BCUT2D eigenvalue weighted by atomic mass is 10.3. The van der Waals surface area contributed by atoms with Crippen LogP contribution in [-0.2, 0) is 9.68 Å². The minimum atomic E-state index is -0.660. The monoisotopic (exact) mass is 117 g/mol. The molecule has 0 radical (unpaired) electrons. The van der Waals surface area contributed by atoms with Gasteiger partial charge in [-0.3, -0.25) is 4.79 Å². The van der Waals surface area contributed by atoms with Gasteiger partial charge in [-0.05, 0) is 6.42 Å². The van der Waals surface area contributed by atoms with Crippen molar-refractivity contribution in [2.24, 2.45) is 0 Å². The molecule has 3 nitrogen and oxygen atoms in total. The Morgan fingerprint density at radius 3 is 2.75 bits per heavy atom. The van der Waals surface area contributed by atoms with Gasteiger partial charge in [-0.1, -0.05) is 13.3 Å². The van der Waals surface area contributed by atoms with Gasteiger partial charge in [-0.2, -0.15) is 0 Å². The van der Waals surface area contributed by atoms with Crippen LogP contribution in [-0.4, -0.2) is 5.97 Å². The van der Waals surface area contributed by atoms with E-state index in [4.69, 9.17) is 0 Å². The Hall–Kier alpha value is -0.570. The van der Waals surface area contributed by atoms with E-state index in [1.807, 2.05) is 6.92 Å². The zero-order valence-corrected chi connectivity index (χ0v) is 4.85. The predicted molar refractivity (Wildman–Crippen MR) is 25.6 cm³/mol. The first-order chi connectivity index (χ1) is 3.81. The lowest BCUT2D eigenvalue weighted by Gasteiger charge is -2.03. The van der Waals surface area contributed by atoms with Gasteiger partial charge in [0.2, 0.25) is 0 Å². The van der Waals surface area contributed by atoms with E-state index in [1.165, 1.54) is 0 Å². The van der Waals surface area contributed by atoms with Gasteiger partial charge in [0.1, 0.15) is 0 Å². The van der Waals surface area contributed by atoms with Crippen molar-refractivity contribution in [3.8, 4) is 0 Å². The molecule has 0 amide bonds. The van der Waals surface area contributed by atoms with Gasteiger partial charge in [0, 0.05) is 6.42 Å². The second kappa shape index (κ2) is 4.59. The molecule has 0 spiro atoms. The third-order valence-electron chi connectivity index (χ3n) is 0.827. The van der Waals surface area contributed by atoms with Gasteiger partial charge in [-0.15, -0.1) is 0 Å². The summed E-state index contributed by atoms with van der Waals surface area (Å²) in [6.07, 6.45) is 1.90. The van der Waals surface area contributed by atoms with E-state index in [2.05, 4.69) is 4.89 Å². The summed E-state index contributed by atoms with van der Waals surface area (Å²) in [7, 11) is 0. The van der Waals surface area contributed by atoms with Crippen molar-refractivity contribution < 1.29 is 14.9 Å². The van der Waals surface area contributed by atoms with Crippen molar-refractivity contribution in [2.45, 2.75) is 26.2 Å². The van der Waals surface area contributed by atoms with Crippen LogP contribution in [0.15, 0.2) is 0 Å². The smallest absolute Gasteiger partial charge is 0.299 e. The molecule has 8 heavy (non-hydrogen) atoms. The summed E-state index contributed by atoms with van der Waals surface area (Å²) in [5, 5.41) is 9.29. The number of carbonyl (C=O) groups excluding carboxylic acids is 1. The van der Waals surface area contributed by atoms with Crippen LogP contribution in [0.5, 0.6) is 0 Å². The molecule has 0 aromatic carbocycles. The lowest BCUT2D eigenvalue weighted by molar-refractivity contribution is -0.657. The molecule has 0 aromatic heterocycles. The third-order valence-corrected chi connectivity index (χ3v) is 0.827. The quantitative estimate of drug-likeness (QED) is 0.386. The Balaban J connectivity index is 2.99. The van der Waals surface area contributed by atoms with Gasteiger partial charge in [0.05, 0.1) is 0 Å². The minimum absolute atomic E-state index is 0.250. The van der Waals surface area contributed by atoms with Gasteiger partial charge in [-0.25, -0.2) is 0 Å². The SMILES string of the molecule is CCCCC(=O)O[O-]. The highest BCUT2D eigenvalue weighted by atomic mass is 17.1. The Labute approximate surface area is 48.2 Å². The molecule has 0 aliphatic carbocycles. The fourth-order valence-corrected chi connectivity index (χ4v) is 0.363. The predicted octanol–water partition coefficient (Wildman–Crippen LogP) is -0.00490. The summed E-state index contributed by atoms with van der Waals surface area (Å²) in [5.41, 5.74) is 0. The summed E-state index contributed by atoms with van der Waals surface area (Å²) in [6, 6.07) is 0. The van der Waals surface area contributed by atoms with E-state index < -0.39 is 5.97 Å². The zero-order valence-electron chi connectivity index (χ0n) is 4.85. The highest BCUT2D eigenvalue weighted by Crippen LogP contribution is 1.93. The van der Waals surface area contributed by atoms with Crippen LogP contribution in [0.2, 0.25) is 0 Å². The molecule has 0 aliphatic heterocycles. The average Bonchev–Trinajstić information content (AvgIpc) is 1.83. The average molecular weight is 117 g/mol. The fraction of sp³-hybridized carbons (Fsp3) is 0.800. The molecule has 0 heterocycles. The van der Waals surface area contributed by atoms with Crippen LogP contribution < -0.4 is 5.26 Å². The standard InChI is InChI=1S/C5H10O3/c1-2-3-4-5(6)8-7/h7H,2-4H2,1H3/p-1. The van der Waals surface area contributed by atoms with Gasteiger partial charge < -0.3 is 10.1 Å². The van der Waals surface area contributed by atoms with Crippen molar-refractivity contribution in [1.29, 1.82) is 0 Å². The molecule has 0 rings (SSSR count). The number of hydrogen-bond acceptors (Lipinski definition) is 3. The topological polar surface area (TPSA) is 49.4 Å². The number of rotatable bonds is 3. The van der Waals surface area contributed by atoms with E-state index >= 15 is 0 Å². The normalized spacial score (nSPS) is 8.75. The van der Waals surface area contributed by atoms with Crippen LogP contribution in [0.3, 0.4) is 0 Å². The van der Waals surface area contributed by atoms with E-state index in [0.29, 0.717) is 0 Å². The van der Waals surface area contributed by atoms with E-state index in [-0.39, 0.29) is 6.42 Å². The van der Waals surface area contributed by atoms with Gasteiger partial charge in [0.15, 0.2) is 0 Å². The van der Waals surface area contributed by atoms with E-state index in [1.54, 1.807) is 0 Å². The molecule has 0 fully saturated rings. The third kappa shape index (κ3) is 3.61. The van der Waals surface area contributed by atoms with Crippen molar-refractivity contribution in [3.63, 3.8) is 0 Å². The molecular weight excluding hydrogens is 108 g/mol. The maximum atomic E-state index is 10.0. The molecule has 0 atom stereocenters. The molecule has 48 valence electrons. The minimum Gasteiger partial charge on any atom is -0.662 e. The van der Waals surface area contributed by atoms with Crippen LogP contribution in [0.25, 0.3) is 0 Å². The summed E-state index contributed by atoms with van der Waals surface area (Å²) in [6.45, 7) is 1.94. The number of carbonyl (C=O) groups is 1. The maximum Gasteiger partial charge on any atom is 0.299 e. The summed E-state index contributed by atoms with van der Waals surface area (Å²) < 4.78 is 0. The summed E-state index contributed by atoms with van der Waals surface area (Å²) in [5.74, 6) is -0.660. The summed E-state index contributed by atoms with van der Waals surface area (Å²) in [4.78, 5) is 13.2. The van der Waals surface area contributed by atoms with Gasteiger partial charge >= 0.3 is 0 Å².